The van der Waals surface area contributed by atoms with E-state index in [4.69, 9.17) is 19.9 Å². The second kappa shape index (κ2) is 12.7. The highest BCUT2D eigenvalue weighted by molar-refractivity contribution is 6.20. The maximum atomic E-state index is 5.31. The third-order valence-electron chi connectivity index (χ3n) is 11.0. The molecule has 270 valence electrons. The maximum absolute atomic E-state index is 5.31. The molecule has 6 heterocycles. The van der Waals surface area contributed by atoms with Crippen LogP contribution in [0, 0.1) is 0 Å². The summed E-state index contributed by atoms with van der Waals surface area (Å²) in [7, 11) is 0. The summed E-state index contributed by atoms with van der Waals surface area (Å²) in [5.74, 6) is 1.63. The zero-order valence-corrected chi connectivity index (χ0v) is 30.9. The van der Waals surface area contributed by atoms with Crippen LogP contribution in [0.15, 0.2) is 182 Å². The van der Waals surface area contributed by atoms with Crippen LogP contribution in [-0.4, -0.2) is 38.9 Å². The summed E-state index contributed by atoms with van der Waals surface area (Å²) in [6.07, 6.45) is 3.62. The molecule has 0 aliphatic heterocycles. The fraction of sp³-hybridized carbons (Fsp3) is 0. The lowest BCUT2D eigenvalue weighted by atomic mass is 10.0. The van der Waals surface area contributed by atoms with Crippen molar-refractivity contribution in [3.63, 3.8) is 0 Å². The van der Waals surface area contributed by atoms with Crippen LogP contribution in [-0.2, 0) is 0 Å². The van der Waals surface area contributed by atoms with E-state index in [0.29, 0.717) is 17.6 Å². The normalized spacial score (nSPS) is 11.8. The van der Waals surface area contributed by atoms with Crippen LogP contribution in [0.2, 0.25) is 0 Å². The number of pyridine rings is 3. The molecule has 0 radical (unpaired) electrons. The minimum atomic E-state index is 0.518. The van der Waals surface area contributed by atoms with E-state index in [-0.39, 0.29) is 0 Å². The second-order valence-corrected chi connectivity index (χ2v) is 14.4. The Labute approximate surface area is 331 Å². The first-order valence-electron chi connectivity index (χ1n) is 19.2. The molecule has 6 aromatic carbocycles. The quantitative estimate of drug-likeness (QED) is 0.163. The molecule has 6 aromatic heterocycles. The smallest absolute Gasteiger partial charge is 0.238 e. The molecular weight excluding hydrogens is 713 g/mol. The van der Waals surface area contributed by atoms with Gasteiger partial charge in [0.05, 0.1) is 39.0 Å². The van der Waals surface area contributed by atoms with Gasteiger partial charge in [-0.15, -0.1) is 0 Å². The van der Waals surface area contributed by atoms with E-state index < -0.39 is 0 Å². The van der Waals surface area contributed by atoms with Crippen molar-refractivity contribution in [1.29, 1.82) is 0 Å². The van der Waals surface area contributed by atoms with Gasteiger partial charge in [-0.3, -0.25) is 18.9 Å². The van der Waals surface area contributed by atoms with Gasteiger partial charge in [0, 0.05) is 56.2 Å². The molecule has 0 saturated heterocycles. The molecule has 0 fully saturated rings. The van der Waals surface area contributed by atoms with Crippen molar-refractivity contribution < 1.29 is 0 Å². The lowest BCUT2D eigenvalue weighted by Crippen LogP contribution is -2.06. The highest BCUT2D eigenvalue weighted by Crippen LogP contribution is 2.39. The molecule has 0 spiro atoms. The maximum Gasteiger partial charge on any atom is 0.238 e. The highest BCUT2D eigenvalue weighted by Gasteiger charge is 2.21. The number of fused-ring (bicyclic) bond motifs is 11. The summed E-state index contributed by atoms with van der Waals surface area (Å²) >= 11 is 0. The van der Waals surface area contributed by atoms with E-state index in [2.05, 4.69) is 122 Å². The van der Waals surface area contributed by atoms with Gasteiger partial charge in [0.15, 0.2) is 11.6 Å². The molecule has 12 rings (SSSR count). The zero-order chi connectivity index (χ0) is 38.2. The van der Waals surface area contributed by atoms with E-state index in [1.165, 1.54) is 0 Å². The van der Waals surface area contributed by atoms with Crippen molar-refractivity contribution in [2.45, 2.75) is 0 Å². The van der Waals surface area contributed by atoms with Crippen molar-refractivity contribution in [3.8, 4) is 51.2 Å². The summed E-state index contributed by atoms with van der Waals surface area (Å²) in [5, 5.41) is 5.63. The van der Waals surface area contributed by atoms with E-state index in [9.17, 15) is 0 Å². The number of aromatic nitrogens is 8. The molecule has 0 amide bonds. The van der Waals surface area contributed by atoms with E-state index in [0.717, 1.165) is 93.8 Å². The lowest BCUT2D eigenvalue weighted by molar-refractivity contribution is 0.953. The van der Waals surface area contributed by atoms with E-state index in [1.54, 1.807) is 0 Å². The largest absolute Gasteiger partial charge is 0.292 e. The molecule has 12 aromatic rings. The van der Waals surface area contributed by atoms with Gasteiger partial charge in [-0.05, 0) is 72.1 Å². The van der Waals surface area contributed by atoms with Crippen molar-refractivity contribution in [2.24, 2.45) is 0 Å². The van der Waals surface area contributed by atoms with E-state index in [1.807, 2.05) is 79.1 Å². The molecule has 8 nitrogen and oxygen atoms in total. The predicted molar refractivity (Wildman–Crippen MR) is 233 cm³/mol. The number of para-hydroxylation sites is 3. The van der Waals surface area contributed by atoms with Crippen LogP contribution in [0.4, 0.5) is 0 Å². The number of hydrogen-bond donors (Lipinski definition) is 0. The molecule has 0 bridgehead atoms. The summed E-state index contributed by atoms with van der Waals surface area (Å²) < 4.78 is 4.48. The Morgan fingerprint density at radius 3 is 1.59 bits per heavy atom. The van der Waals surface area contributed by atoms with Gasteiger partial charge in [0.2, 0.25) is 5.95 Å². The van der Waals surface area contributed by atoms with Crippen LogP contribution in [0.3, 0.4) is 0 Å². The Hall–Kier alpha value is -8.10. The number of rotatable bonds is 5. The standard InChI is InChI=1S/C50H30N8/c1-2-19-37-35(17-1)38-29-39-36-18-3-5-23-43(36)58(46(39)30-45(38)57-44-24-6-4-22-42(44)53-49(37)57)50-55-47(33-15-11-13-31(27-33)40-20-7-9-25-51-40)54-48(56-50)34-16-12-14-32(28-34)41-21-8-10-26-52-41/h1-30H. The van der Waals surface area contributed by atoms with Crippen LogP contribution < -0.4 is 0 Å². The van der Waals surface area contributed by atoms with Crippen molar-refractivity contribution in [2.75, 3.05) is 0 Å². The highest BCUT2D eigenvalue weighted by atomic mass is 15.2. The summed E-state index contributed by atoms with van der Waals surface area (Å²) in [5.41, 5.74) is 11.4. The molecule has 8 heteroatoms. The summed E-state index contributed by atoms with van der Waals surface area (Å²) in [6.45, 7) is 0. The second-order valence-electron chi connectivity index (χ2n) is 14.4. The Bertz CT molecular complexity index is 3470. The fourth-order valence-electron chi connectivity index (χ4n) is 8.41. The molecule has 0 saturated carbocycles. The monoisotopic (exact) mass is 742 g/mol. The first-order valence-corrected chi connectivity index (χ1v) is 19.2. The fourth-order valence-corrected chi connectivity index (χ4v) is 8.41. The molecule has 0 aliphatic carbocycles. The van der Waals surface area contributed by atoms with Crippen LogP contribution in [0.25, 0.3) is 111 Å². The number of benzene rings is 6. The Morgan fingerprint density at radius 1 is 0.345 bits per heavy atom. The number of imidazole rings is 1. The van der Waals surface area contributed by atoms with Crippen molar-refractivity contribution in [1.82, 2.24) is 38.9 Å². The lowest BCUT2D eigenvalue weighted by Gasteiger charge is -2.13. The predicted octanol–water partition coefficient (Wildman–Crippen LogP) is 11.5. The molecule has 0 N–H and O–H groups in total. The van der Waals surface area contributed by atoms with Gasteiger partial charge in [0.1, 0.15) is 5.65 Å². The molecule has 0 atom stereocenters. The average Bonchev–Trinajstić information content (AvgIpc) is 3.85. The molecule has 0 unspecified atom stereocenters. The van der Waals surface area contributed by atoms with Gasteiger partial charge in [-0.25, -0.2) is 9.97 Å². The average molecular weight is 743 g/mol. The summed E-state index contributed by atoms with van der Waals surface area (Å²) in [6, 6.07) is 58.4. The minimum absolute atomic E-state index is 0.518. The topological polar surface area (TPSA) is 86.7 Å². The van der Waals surface area contributed by atoms with Crippen molar-refractivity contribution in [3.05, 3.63) is 182 Å². The van der Waals surface area contributed by atoms with Crippen LogP contribution >= 0.6 is 0 Å². The third-order valence-corrected chi connectivity index (χ3v) is 11.0. The first kappa shape index (κ1) is 32.2. The van der Waals surface area contributed by atoms with Gasteiger partial charge in [-0.2, -0.15) is 9.97 Å². The summed E-state index contributed by atoms with van der Waals surface area (Å²) in [4.78, 5) is 30.2. The van der Waals surface area contributed by atoms with Crippen molar-refractivity contribution >= 4 is 60.2 Å². The minimum Gasteiger partial charge on any atom is -0.292 e. The van der Waals surface area contributed by atoms with Crippen LogP contribution in [0.5, 0.6) is 0 Å². The third kappa shape index (κ3) is 5.02. The Kier molecular flexibility index (Phi) is 7.06. The number of hydrogen-bond acceptors (Lipinski definition) is 6. The zero-order valence-electron chi connectivity index (χ0n) is 30.9. The molecular formula is C50H30N8. The Balaban J connectivity index is 1.17. The molecule has 0 aliphatic rings. The van der Waals surface area contributed by atoms with Crippen LogP contribution in [0.1, 0.15) is 0 Å². The van der Waals surface area contributed by atoms with Gasteiger partial charge < -0.3 is 0 Å². The van der Waals surface area contributed by atoms with Gasteiger partial charge >= 0.3 is 0 Å². The van der Waals surface area contributed by atoms with Gasteiger partial charge in [0.25, 0.3) is 0 Å². The first-order chi connectivity index (χ1) is 28.7. The SMILES string of the molecule is c1ccc(-c2cccc(-c3nc(-c4cccc(-c5ccccn5)c4)nc(-n4c5ccccc5c5cc6c7ccccc7c7nc8ccccc8n7c6cc54)n3)c2)nc1. The number of nitrogens with zero attached hydrogens (tertiary/aromatic N) is 8. The molecule has 58 heavy (non-hydrogen) atoms. The Morgan fingerprint density at radius 2 is 0.914 bits per heavy atom. The van der Waals surface area contributed by atoms with Gasteiger partial charge in [-0.1, -0.05) is 103 Å². The van der Waals surface area contributed by atoms with E-state index >= 15 is 0 Å².